The predicted molar refractivity (Wildman–Crippen MR) is 118 cm³/mol. The highest BCUT2D eigenvalue weighted by molar-refractivity contribution is 5.89. The number of phenolic OH excluding ortho intramolecular Hbond substituents is 1. The molecule has 2 fully saturated rings. The molecule has 31 heavy (non-hydrogen) atoms. The molecular weight excluding hydrogens is 395 g/mol. The minimum atomic E-state index is -0.756. The van der Waals surface area contributed by atoms with Gasteiger partial charge in [-0.2, -0.15) is 5.10 Å². The van der Waals surface area contributed by atoms with Gasteiger partial charge in [0.15, 0.2) is 17.4 Å². The third kappa shape index (κ3) is 3.01. The van der Waals surface area contributed by atoms with E-state index in [0.29, 0.717) is 11.4 Å². The lowest BCUT2D eigenvalue weighted by molar-refractivity contribution is 0.372. The van der Waals surface area contributed by atoms with Gasteiger partial charge in [-0.25, -0.2) is 14.4 Å². The molecule has 1 saturated carbocycles. The molecule has 4 aromatic rings. The van der Waals surface area contributed by atoms with E-state index in [9.17, 15) is 9.50 Å². The second-order valence-corrected chi connectivity index (χ2v) is 8.97. The summed E-state index contributed by atoms with van der Waals surface area (Å²) in [6.45, 7) is 4.21. The SMILES string of the molecule is C[C@H]1CN(c2ccc3nc(-c4cc5cn(C)nc5c(F)c4O)ncc3c2)CC2(CC2)N1. The third-order valence-corrected chi connectivity index (χ3v) is 6.39. The number of nitrogens with zero attached hydrogens (tertiary/aromatic N) is 5. The molecule has 2 aromatic carbocycles. The van der Waals surface area contributed by atoms with E-state index in [1.807, 2.05) is 6.07 Å². The number of anilines is 1. The molecule has 8 heteroatoms. The highest BCUT2D eigenvalue weighted by atomic mass is 19.1. The van der Waals surface area contributed by atoms with Crippen molar-refractivity contribution >= 4 is 27.5 Å². The number of nitrogens with one attached hydrogen (secondary N) is 1. The van der Waals surface area contributed by atoms with E-state index in [-0.39, 0.29) is 22.4 Å². The van der Waals surface area contributed by atoms with Crippen LogP contribution < -0.4 is 10.2 Å². The lowest BCUT2D eigenvalue weighted by atomic mass is 10.1. The van der Waals surface area contributed by atoms with Crippen LogP contribution in [-0.2, 0) is 7.05 Å². The summed E-state index contributed by atoms with van der Waals surface area (Å²) in [5.41, 5.74) is 2.58. The normalized spacial score (nSPS) is 20.1. The van der Waals surface area contributed by atoms with Crippen LogP contribution in [0.2, 0.25) is 0 Å². The number of piperazine rings is 1. The van der Waals surface area contributed by atoms with Crippen molar-refractivity contribution in [1.29, 1.82) is 0 Å². The van der Waals surface area contributed by atoms with Crippen LogP contribution in [-0.4, -0.2) is 49.5 Å². The molecule has 158 valence electrons. The summed E-state index contributed by atoms with van der Waals surface area (Å²) in [6.07, 6.45) is 5.91. The van der Waals surface area contributed by atoms with Crippen molar-refractivity contribution in [3.05, 3.63) is 42.5 Å². The van der Waals surface area contributed by atoms with Crippen LogP contribution in [0.4, 0.5) is 10.1 Å². The molecule has 6 rings (SSSR count). The van der Waals surface area contributed by atoms with Crippen molar-refractivity contribution in [2.45, 2.75) is 31.3 Å². The molecule has 1 aliphatic heterocycles. The Balaban J connectivity index is 1.38. The van der Waals surface area contributed by atoms with E-state index >= 15 is 0 Å². The van der Waals surface area contributed by atoms with Gasteiger partial charge in [-0.05, 0) is 44.0 Å². The molecule has 1 saturated heterocycles. The van der Waals surface area contributed by atoms with Gasteiger partial charge in [-0.1, -0.05) is 0 Å². The van der Waals surface area contributed by atoms with E-state index < -0.39 is 11.6 Å². The largest absolute Gasteiger partial charge is 0.504 e. The number of halogens is 1. The Morgan fingerprint density at radius 1 is 1.23 bits per heavy atom. The van der Waals surface area contributed by atoms with Crippen LogP contribution in [0, 0.1) is 5.82 Å². The smallest absolute Gasteiger partial charge is 0.193 e. The highest BCUT2D eigenvalue weighted by Crippen LogP contribution is 2.40. The molecule has 2 aliphatic rings. The number of fused-ring (bicyclic) bond motifs is 2. The number of hydrogen-bond acceptors (Lipinski definition) is 6. The van der Waals surface area contributed by atoms with Crippen molar-refractivity contribution < 1.29 is 9.50 Å². The molecule has 0 bridgehead atoms. The number of aromatic hydroxyl groups is 1. The minimum Gasteiger partial charge on any atom is -0.504 e. The number of aromatic nitrogens is 4. The molecule has 1 aliphatic carbocycles. The van der Waals surface area contributed by atoms with E-state index in [4.69, 9.17) is 0 Å². The first-order valence-corrected chi connectivity index (χ1v) is 10.6. The van der Waals surface area contributed by atoms with Gasteiger partial charge in [-0.15, -0.1) is 0 Å². The van der Waals surface area contributed by atoms with Crippen LogP contribution in [0.3, 0.4) is 0 Å². The third-order valence-electron chi connectivity index (χ3n) is 6.39. The summed E-state index contributed by atoms with van der Waals surface area (Å²) >= 11 is 0. The lowest BCUT2D eigenvalue weighted by Gasteiger charge is -2.39. The summed E-state index contributed by atoms with van der Waals surface area (Å²) in [5, 5.41) is 19.7. The number of aryl methyl sites for hydroxylation is 1. The quantitative estimate of drug-likeness (QED) is 0.520. The fraction of sp³-hybridized carbons (Fsp3) is 0.348. The topological polar surface area (TPSA) is 79.1 Å². The number of phenols is 1. The van der Waals surface area contributed by atoms with Gasteiger partial charge in [0.25, 0.3) is 0 Å². The predicted octanol–water partition coefficient (Wildman–Crippen LogP) is 3.36. The zero-order valence-electron chi connectivity index (χ0n) is 17.4. The van der Waals surface area contributed by atoms with Crippen molar-refractivity contribution in [2.24, 2.45) is 7.05 Å². The van der Waals surface area contributed by atoms with Gasteiger partial charge in [0, 0.05) is 60.6 Å². The maximum Gasteiger partial charge on any atom is 0.193 e. The molecule has 2 aromatic heterocycles. The van der Waals surface area contributed by atoms with E-state index in [1.165, 1.54) is 17.5 Å². The van der Waals surface area contributed by atoms with Crippen LogP contribution in [0.25, 0.3) is 33.2 Å². The second kappa shape index (κ2) is 6.37. The van der Waals surface area contributed by atoms with Crippen LogP contribution in [0.1, 0.15) is 19.8 Å². The van der Waals surface area contributed by atoms with Gasteiger partial charge >= 0.3 is 0 Å². The molecule has 7 nitrogen and oxygen atoms in total. The Morgan fingerprint density at radius 3 is 2.87 bits per heavy atom. The summed E-state index contributed by atoms with van der Waals surface area (Å²) in [5.74, 6) is -0.948. The lowest BCUT2D eigenvalue weighted by Crippen LogP contribution is -2.57. The monoisotopic (exact) mass is 418 g/mol. The first-order chi connectivity index (χ1) is 14.9. The standard InChI is InChI=1S/C23H23FN6O/c1-13-10-30(12-23(27-13)5-6-23)16-3-4-18-14(7-16)9-25-22(26-18)17-8-15-11-29(2)28-20(15)19(24)21(17)31/h3-4,7-9,11,13,27,31H,5-6,10,12H2,1-2H3/t13-/m0/s1. The zero-order chi connectivity index (χ0) is 21.3. The second-order valence-electron chi connectivity index (χ2n) is 8.97. The molecular formula is C23H23FN6O. The van der Waals surface area contributed by atoms with Gasteiger partial charge in [0.05, 0.1) is 11.1 Å². The van der Waals surface area contributed by atoms with Crippen molar-refractivity contribution in [3.8, 4) is 17.1 Å². The van der Waals surface area contributed by atoms with Gasteiger partial charge in [-0.3, -0.25) is 4.68 Å². The van der Waals surface area contributed by atoms with E-state index in [0.717, 1.165) is 29.7 Å². The molecule has 0 radical (unpaired) electrons. The molecule has 1 atom stereocenters. The average molecular weight is 418 g/mol. The Labute approximate surface area is 178 Å². The van der Waals surface area contributed by atoms with Gasteiger partial charge in [0.1, 0.15) is 5.52 Å². The summed E-state index contributed by atoms with van der Waals surface area (Å²) in [7, 11) is 1.71. The maximum absolute atomic E-state index is 14.6. The Kier molecular flexibility index (Phi) is 3.80. The maximum atomic E-state index is 14.6. The Hall–Kier alpha value is -3.26. The van der Waals surface area contributed by atoms with Crippen LogP contribution in [0.5, 0.6) is 5.75 Å². The highest BCUT2D eigenvalue weighted by Gasteiger charge is 2.47. The Morgan fingerprint density at radius 2 is 2.06 bits per heavy atom. The average Bonchev–Trinajstić information content (AvgIpc) is 3.37. The summed E-state index contributed by atoms with van der Waals surface area (Å²) < 4.78 is 16.2. The van der Waals surface area contributed by atoms with Gasteiger partial charge < -0.3 is 15.3 Å². The Bertz CT molecular complexity index is 1350. The fourth-order valence-corrected chi connectivity index (χ4v) is 4.78. The minimum absolute atomic E-state index is 0.132. The number of benzene rings is 2. The van der Waals surface area contributed by atoms with E-state index in [2.05, 4.69) is 44.3 Å². The first kappa shape index (κ1) is 18.5. The van der Waals surface area contributed by atoms with Crippen molar-refractivity contribution in [3.63, 3.8) is 0 Å². The van der Waals surface area contributed by atoms with Crippen LogP contribution in [0.15, 0.2) is 36.7 Å². The van der Waals surface area contributed by atoms with Crippen molar-refractivity contribution in [1.82, 2.24) is 25.1 Å². The zero-order valence-corrected chi connectivity index (χ0v) is 17.4. The molecule has 1 spiro atoms. The fourth-order valence-electron chi connectivity index (χ4n) is 4.78. The molecule has 0 amide bonds. The van der Waals surface area contributed by atoms with E-state index in [1.54, 1.807) is 25.5 Å². The van der Waals surface area contributed by atoms with Gasteiger partial charge in [0.2, 0.25) is 0 Å². The molecule has 0 unspecified atom stereocenters. The summed E-state index contributed by atoms with van der Waals surface area (Å²) in [4.78, 5) is 11.5. The number of hydrogen-bond donors (Lipinski definition) is 2. The first-order valence-electron chi connectivity index (χ1n) is 10.6. The molecule has 2 N–H and O–H groups in total. The summed E-state index contributed by atoms with van der Waals surface area (Å²) in [6, 6.07) is 8.28. The number of rotatable bonds is 2. The van der Waals surface area contributed by atoms with Crippen LogP contribution >= 0.6 is 0 Å². The van der Waals surface area contributed by atoms with Crippen molar-refractivity contribution in [2.75, 3.05) is 18.0 Å². The molecule has 3 heterocycles.